The summed E-state index contributed by atoms with van der Waals surface area (Å²) >= 11 is 1.55. The highest BCUT2D eigenvalue weighted by Gasteiger charge is 2.31. The third-order valence-electron chi connectivity index (χ3n) is 6.31. The van der Waals surface area contributed by atoms with Gasteiger partial charge in [0.25, 0.3) is 5.69 Å². The van der Waals surface area contributed by atoms with Crippen LogP contribution in [-0.4, -0.2) is 42.3 Å². The first-order valence-corrected chi connectivity index (χ1v) is 11.7. The van der Waals surface area contributed by atoms with Crippen molar-refractivity contribution in [1.29, 1.82) is 0 Å². The van der Waals surface area contributed by atoms with Crippen LogP contribution in [0.5, 0.6) is 0 Å². The van der Waals surface area contributed by atoms with Crippen LogP contribution in [0.15, 0.2) is 24.3 Å². The molecule has 4 heterocycles. The molecule has 0 saturated carbocycles. The van der Waals surface area contributed by atoms with Crippen molar-refractivity contribution in [2.45, 2.75) is 33.0 Å². The fourth-order valence-corrected chi connectivity index (χ4v) is 5.62. The number of pyridine rings is 1. The molecule has 8 nitrogen and oxygen atoms in total. The molecule has 1 fully saturated rings. The van der Waals surface area contributed by atoms with Crippen molar-refractivity contribution in [3.05, 3.63) is 45.5 Å². The number of ether oxygens (including phenoxy) is 2. The Hall–Kier alpha value is -2.75. The summed E-state index contributed by atoms with van der Waals surface area (Å²) in [6, 6.07) is 6.55. The van der Waals surface area contributed by atoms with E-state index in [1.54, 1.807) is 23.5 Å². The maximum absolute atomic E-state index is 11.0. The van der Waals surface area contributed by atoms with Gasteiger partial charge >= 0.3 is 0 Å². The molecule has 3 aromatic rings. The van der Waals surface area contributed by atoms with Gasteiger partial charge in [-0.25, -0.2) is 4.98 Å². The molecule has 0 aliphatic carbocycles. The monoisotopic (exact) mass is 454 g/mol. The predicted molar refractivity (Wildman–Crippen MR) is 126 cm³/mol. The smallest absolute Gasteiger partial charge is 0.269 e. The van der Waals surface area contributed by atoms with Gasteiger partial charge in [0.15, 0.2) is 0 Å². The van der Waals surface area contributed by atoms with Crippen LogP contribution >= 0.6 is 11.3 Å². The Morgan fingerprint density at radius 3 is 2.59 bits per heavy atom. The third kappa shape index (κ3) is 3.60. The first kappa shape index (κ1) is 21.1. The van der Waals surface area contributed by atoms with Gasteiger partial charge < -0.3 is 20.1 Å². The first-order valence-electron chi connectivity index (χ1n) is 10.9. The van der Waals surface area contributed by atoms with Crippen molar-refractivity contribution in [2.75, 3.05) is 36.9 Å². The van der Waals surface area contributed by atoms with E-state index in [0.717, 1.165) is 51.5 Å². The fraction of sp³-hybridized carbons (Fsp3) is 0.435. The van der Waals surface area contributed by atoms with Crippen molar-refractivity contribution in [2.24, 2.45) is 5.92 Å². The number of morpholine rings is 1. The minimum Gasteiger partial charge on any atom is -0.397 e. The molecule has 168 valence electrons. The maximum Gasteiger partial charge on any atom is 0.269 e. The van der Waals surface area contributed by atoms with E-state index in [2.05, 4.69) is 18.7 Å². The van der Waals surface area contributed by atoms with Gasteiger partial charge in [0.2, 0.25) is 0 Å². The van der Waals surface area contributed by atoms with Gasteiger partial charge in [0.05, 0.1) is 41.4 Å². The van der Waals surface area contributed by atoms with E-state index >= 15 is 0 Å². The molecule has 1 saturated heterocycles. The van der Waals surface area contributed by atoms with Gasteiger partial charge in [0.1, 0.15) is 10.6 Å². The molecule has 1 atom stereocenters. The van der Waals surface area contributed by atoms with Crippen LogP contribution in [0.3, 0.4) is 0 Å². The van der Waals surface area contributed by atoms with Gasteiger partial charge in [0, 0.05) is 42.6 Å². The zero-order valence-corrected chi connectivity index (χ0v) is 19.0. The average Bonchev–Trinajstić information content (AvgIpc) is 3.15. The second-order valence-electron chi connectivity index (χ2n) is 8.62. The Labute approximate surface area is 190 Å². The quantitative estimate of drug-likeness (QED) is 0.461. The van der Waals surface area contributed by atoms with E-state index in [1.165, 1.54) is 17.7 Å². The topological polar surface area (TPSA) is 104 Å². The van der Waals surface area contributed by atoms with Crippen molar-refractivity contribution in [3.63, 3.8) is 0 Å². The number of non-ortho nitro benzene ring substituents is 1. The fourth-order valence-electron chi connectivity index (χ4n) is 4.49. The summed E-state index contributed by atoms with van der Waals surface area (Å²) in [6.45, 7) is 7.85. The van der Waals surface area contributed by atoms with E-state index in [9.17, 15) is 10.1 Å². The Bertz CT molecular complexity index is 1170. The third-order valence-corrected chi connectivity index (χ3v) is 7.46. The largest absolute Gasteiger partial charge is 0.397 e. The number of benzene rings is 1. The zero-order chi connectivity index (χ0) is 22.4. The van der Waals surface area contributed by atoms with E-state index < -0.39 is 4.92 Å². The summed E-state index contributed by atoms with van der Waals surface area (Å²) in [5.41, 5.74) is 10.7. The van der Waals surface area contributed by atoms with Crippen LogP contribution in [0.2, 0.25) is 0 Å². The number of fused-ring (bicyclic) bond motifs is 3. The number of hydrogen-bond donors (Lipinski definition) is 1. The van der Waals surface area contributed by atoms with Crippen molar-refractivity contribution in [1.82, 2.24) is 4.98 Å². The predicted octanol–water partition coefficient (Wildman–Crippen LogP) is 4.39. The molecule has 0 spiro atoms. The highest BCUT2D eigenvalue weighted by Crippen LogP contribution is 2.46. The average molecular weight is 455 g/mol. The van der Waals surface area contributed by atoms with Gasteiger partial charge in [-0.15, -0.1) is 11.3 Å². The summed E-state index contributed by atoms with van der Waals surface area (Å²) in [4.78, 5) is 19.8. The van der Waals surface area contributed by atoms with Gasteiger partial charge in [-0.3, -0.25) is 10.1 Å². The lowest BCUT2D eigenvalue weighted by Crippen LogP contribution is -2.38. The van der Waals surface area contributed by atoms with Crippen LogP contribution in [0.1, 0.15) is 25.0 Å². The molecule has 0 radical (unpaired) electrons. The van der Waals surface area contributed by atoms with Gasteiger partial charge in [-0.1, -0.05) is 13.8 Å². The van der Waals surface area contributed by atoms with Crippen LogP contribution < -0.4 is 10.6 Å². The number of anilines is 2. The Morgan fingerprint density at radius 1 is 1.22 bits per heavy atom. The number of nitrogens with zero attached hydrogens (tertiary/aromatic N) is 3. The molecule has 0 bridgehead atoms. The number of nitrogen functional groups attached to an aromatic ring is 1. The maximum atomic E-state index is 11.0. The zero-order valence-electron chi connectivity index (χ0n) is 18.2. The first-order chi connectivity index (χ1) is 15.4. The van der Waals surface area contributed by atoms with Crippen LogP contribution in [-0.2, 0) is 22.5 Å². The van der Waals surface area contributed by atoms with E-state index in [4.69, 9.17) is 20.2 Å². The standard InChI is InChI=1S/C23H26N4O4S/c1-13(2)18-11-16-17(12-31-18)22(26-7-9-30-10-8-26)25-23-19(16)20(24)21(32-23)14-3-5-15(6-4-14)27(28)29/h3-6,13,18H,7-12,24H2,1-2H3/t18-/m0/s1. The molecule has 0 amide bonds. The van der Waals surface area contributed by atoms with E-state index in [0.29, 0.717) is 31.4 Å². The molecule has 0 unspecified atom stereocenters. The Morgan fingerprint density at radius 2 is 1.94 bits per heavy atom. The summed E-state index contributed by atoms with van der Waals surface area (Å²) in [5, 5.41) is 12.0. The molecule has 2 aliphatic rings. The van der Waals surface area contributed by atoms with Gasteiger partial charge in [-0.05, 0) is 29.2 Å². The minimum atomic E-state index is -0.392. The van der Waals surface area contributed by atoms with E-state index in [-0.39, 0.29) is 11.8 Å². The molecule has 9 heteroatoms. The number of nitrogens with two attached hydrogens (primary N) is 1. The molecular weight excluding hydrogens is 428 g/mol. The number of aromatic nitrogens is 1. The highest BCUT2D eigenvalue weighted by molar-refractivity contribution is 7.22. The van der Waals surface area contributed by atoms with Crippen LogP contribution in [0.25, 0.3) is 20.7 Å². The lowest BCUT2D eigenvalue weighted by molar-refractivity contribution is -0.384. The number of thiophene rings is 1. The summed E-state index contributed by atoms with van der Waals surface area (Å²) < 4.78 is 11.8. The normalized spacial score (nSPS) is 18.8. The van der Waals surface area contributed by atoms with Gasteiger partial charge in [-0.2, -0.15) is 0 Å². The number of nitro groups is 1. The second kappa shape index (κ2) is 8.31. The van der Waals surface area contributed by atoms with Crippen molar-refractivity contribution < 1.29 is 14.4 Å². The summed E-state index contributed by atoms with van der Waals surface area (Å²) in [5.74, 6) is 1.36. The lowest BCUT2D eigenvalue weighted by atomic mass is 9.91. The minimum absolute atomic E-state index is 0.0652. The molecule has 2 aliphatic heterocycles. The highest BCUT2D eigenvalue weighted by atomic mass is 32.1. The number of rotatable bonds is 4. The lowest BCUT2D eigenvalue weighted by Gasteiger charge is -2.34. The summed E-state index contributed by atoms with van der Waals surface area (Å²) in [6.07, 6.45) is 0.928. The van der Waals surface area contributed by atoms with E-state index in [1.807, 2.05) is 0 Å². The molecule has 5 rings (SSSR count). The Kier molecular flexibility index (Phi) is 5.48. The van der Waals surface area contributed by atoms with Crippen molar-refractivity contribution >= 4 is 38.7 Å². The van der Waals surface area contributed by atoms with Crippen molar-refractivity contribution in [3.8, 4) is 10.4 Å². The molecule has 2 N–H and O–H groups in total. The second-order valence-corrected chi connectivity index (χ2v) is 9.62. The van der Waals surface area contributed by atoms with Crippen LogP contribution in [0, 0.1) is 16.0 Å². The molecular formula is C23H26N4O4S. The van der Waals surface area contributed by atoms with Crippen LogP contribution in [0.4, 0.5) is 17.2 Å². The SMILES string of the molecule is CC(C)[C@@H]1Cc2c(c(N3CCOCC3)nc3sc(-c4ccc([N+](=O)[O-])cc4)c(N)c23)CO1. The molecule has 1 aromatic carbocycles. The molecule has 2 aromatic heterocycles. The number of hydrogen-bond acceptors (Lipinski definition) is 8. The number of nitro benzene ring substituents is 1. The molecule has 32 heavy (non-hydrogen) atoms. The Balaban J connectivity index is 1.67. The summed E-state index contributed by atoms with van der Waals surface area (Å²) in [7, 11) is 0.